The van der Waals surface area contributed by atoms with Gasteiger partial charge in [-0.05, 0) is 38.3 Å². The molecule has 1 saturated heterocycles. The summed E-state index contributed by atoms with van der Waals surface area (Å²) in [5, 5.41) is 0. The predicted molar refractivity (Wildman–Crippen MR) is 57.7 cm³/mol. The van der Waals surface area contributed by atoms with Gasteiger partial charge in [0, 0.05) is 12.1 Å². The van der Waals surface area contributed by atoms with E-state index in [0.29, 0.717) is 17.5 Å². The van der Waals surface area contributed by atoms with Crippen LogP contribution in [0.25, 0.3) is 0 Å². The standard InChI is InChI=1S/C11H24N2/c1-11(2,3)8-10-7-9(12)5-6-13(10)4/h9-10H,5-8,12H2,1-4H3. The predicted octanol–water partition coefficient (Wildman–Crippen LogP) is 1.84. The third-order valence-corrected chi connectivity index (χ3v) is 2.90. The molecule has 0 aromatic heterocycles. The number of likely N-dealkylation sites (tertiary alicyclic amines) is 1. The molecule has 2 nitrogen and oxygen atoms in total. The summed E-state index contributed by atoms with van der Waals surface area (Å²) in [4.78, 5) is 2.47. The molecule has 0 aromatic carbocycles. The first kappa shape index (κ1) is 11.0. The lowest BCUT2D eigenvalue weighted by molar-refractivity contribution is 0.127. The molecule has 13 heavy (non-hydrogen) atoms. The molecule has 0 saturated carbocycles. The van der Waals surface area contributed by atoms with Crippen LogP contribution in [0.3, 0.4) is 0 Å². The Labute approximate surface area is 82.5 Å². The minimum atomic E-state index is 0.427. The van der Waals surface area contributed by atoms with E-state index >= 15 is 0 Å². The molecule has 0 aromatic rings. The van der Waals surface area contributed by atoms with Gasteiger partial charge in [0.05, 0.1) is 0 Å². The van der Waals surface area contributed by atoms with Gasteiger partial charge in [-0.1, -0.05) is 20.8 Å². The molecule has 1 rings (SSSR count). The minimum absolute atomic E-state index is 0.427. The fraction of sp³-hybridized carbons (Fsp3) is 1.00. The summed E-state index contributed by atoms with van der Waals surface area (Å²) in [7, 11) is 2.22. The highest BCUT2D eigenvalue weighted by Crippen LogP contribution is 2.27. The van der Waals surface area contributed by atoms with E-state index in [4.69, 9.17) is 5.73 Å². The van der Waals surface area contributed by atoms with Gasteiger partial charge in [0.2, 0.25) is 0 Å². The van der Waals surface area contributed by atoms with E-state index in [1.165, 1.54) is 19.4 Å². The van der Waals surface area contributed by atoms with Crippen LogP contribution >= 0.6 is 0 Å². The maximum absolute atomic E-state index is 5.98. The first-order valence-corrected chi connectivity index (χ1v) is 5.34. The van der Waals surface area contributed by atoms with Crippen LogP contribution in [0.2, 0.25) is 0 Å². The van der Waals surface area contributed by atoms with Crippen LogP contribution in [0.4, 0.5) is 0 Å². The quantitative estimate of drug-likeness (QED) is 0.674. The maximum Gasteiger partial charge on any atom is 0.0112 e. The van der Waals surface area contributed by atoms with Gasteiger partial charge in [0.25, 0.3) is 0 Å². The Hall–Kier alpha value is -0.0800. The fourth-order valence-corrected chi connectivity index (χ4v) is 2.15. The second-order valence-electron chi connectivity index (χ2n) is 5.68. The van der Waals surface area contributed by atoms with E-state index in [1.807, 2.05) is 0 Å². The van der Waals surface area contributed by atoms with Gasteiger partial charge in [-0.25, -0.2) is 0 Å². The molecule has 2 atom stereocenters. The van der Waals surface area contributed by atoms with Gasteiger partial charge < -0.3 is 10.6 Å². The fourth-order valence-electron chi connectivity index (χ4n) is 2.15. The molecule has 1 fully saturated rings. The van der Waals surface area contributed by atoms with E-state index in [1.54, 1.807) is 0 Å². The van der Waals surface area contributed by atoms with Crippen molar-refractivity contribution in [3.05, 3.63) is 0 Å². The van der Waals surface area contributed by atoms with Crippen molar-refractivity contribution in [1.82, 2.24) is 4.90 Å². The minimum Gasteiger partial charge on any atom is -0.328 e. The molecule has 2 unspecified atom stereocenters. The Kier molecular flexibility index (Phi) is 3.36. The molecule has 78 valence electrons. The van der Waals surface area contributed by atoms with E-state index in [2.05, 4.69) is 32.7 Å². The van der Waals surface area contributed by atoms with Crippen molar-refractivity contribution in [2.45, 2.75) is 52.1 Å². The topological polar surface area (TPSA) is 29.3 Å². The van der Waals surface area contributed by atoms with Crippen LogP contribution in [0.5, 0.6) is 0 Å². The highest BCUT2D eigenvalue weighted by atomic mass is 15.1. The molecule has 0 bridgehead atoms. The van der Waals surface area contributed by atoms with Crippen molar-refractivity contribution < 1.29 is 0 Å². The lowest BCUT2D eigenvalue weighted by Gasteiger charge is -2.39. The van der Waals surface area contributed by atoms with Gasteiger partial charge in [0.15, 0.2) is 0 Å². The third-order valence-electron chi connectivity index (χ3n) is 2.90. The van der Waals surface area contributed by atoms with Crippen LogP contribution in [-0.2, 0) is 0 Å². The van der Waals surface area contributed by atoms with Crippen molar-refractivity contribution in [2.24, 2.45) is 11.1 Å². The molecule has 0 spiro atoms. The molecule has 2 N–H and O–H groups in total. The van der Waals surface area contributed by atoms with Crippen molar-refractivity contribution in [3.63, 3.8) is 0 Å². The molecular formula is C11H24N2. The van der Waals surface area contributed by atoms with Crippen LogP contribution in [0, 0.1) is 5.41 Å². The van der Waals surface area contributed by atoms with Gasteiger partial charge >= 0.3 is 0 Å². The highest BCUT2D eigenvalue weighted by molar-refractivity contribution is 4.84. The summed E-state index contributed by atoms with van der Waals surface area (Å²) in [5.74, 6) is 0. The Morgan fingerprint density at radius 1 is 1.38 bits per heavy atom. The monoisotopic (exact) mass is 184 g/mol. The van der Waals surface area contributed by atoms with E-state index < -0.39 is 0 Å². The van der Waals surface area contributed by atoms with Crippen molar-refractivity contribution in [1.29, 1.82) is 0 Å². The second-order valence-corrected chi connectivity index (χ2v) is 5.68. The zero-order chi connectivity index (χ0) is 10.1. The molecule has 0 amide bonds. The van der Waals surface area contributed by atoms with Gasteiger partial charge in [-0.15, -0.1) is 0 Å². The SMILES string of the molecule is CN1CCC(N)CC1CC(C)(C)C. The number of rotatable bonds is 1. The number of hydrogen-bond donors (Lipinski definition) is 1. The summed E-state index contributed by atoms with van der Waals surface area (Å²) in [6, 6.07) is 1.13. The van der Waals surface area contributed by atoms with Crippen molar-refractivity contribution >= 4 is 0 Å². The zero-order valence-corrected chi connectivity index (χ0v) is 9.51. The number of hydrogen-bond acceptors (Lipinski definition) is 2. The highest BCUT2D eigenvalue weighted by Gasteiger charge is 2.27. The average Bonchev–Trinajstić information content (AvgIpc) is 1.94. The molecule has 1 aliphatic rings. The van der Waals surface area contributed by atoms with Gasteiger partial charge in [-0.3, -0.25) is 0 Å². The van der Waals surface area contributed by atoms with E-state index in [-0.39, 0.29) is 0 Å². The first-order valence-electron chi connectivity index (χ1n) is 5.34. The van der Waals surface area contributed by atoms with Crippen LogP contribution in [-0.4, -0.2) is 30.6 Å². The van der Waals surface area contributed by atoms with Crippen molar-refractivity contribution in [2.75, 3.05) is 13.6 Å². The van der Waals surface area contributed by atoms with Crippen LogP contribution in [0.15, 0.2) is 0 Å². The Morgan fingerprint density at radius 3 is 2.54 bits per heavy atom. The molecule has 0 aliphatic carbocycles. The average molecular weight is 184 g/mol. The summed E-state index contributed by atoms with van der Waals surface area (Å²) >= 11 is 0. The number of piperidine rings is 1. The van der Waals surface area contributed by atoms with E-state index in [9.17, 15) is 0 Å². The largest absolute Gasteiger partial charge is 0.328 e. The summed E-state index contributed by atoms with van der Waals surface area (Å²) in [6.07, 6.45) is 3.60. The number of nitrogens with zero attached hydrogens (tertiary/aromatic N) is 1. The summed E-state index contributed by atoms with van der Waals surface area (Å²) in [5.41, 5.74) is 6.41. The maximum atomic E-state index is 5.98. The Bertz CT molecular complexity index is 160. The molecule has 1 heterocycles. The molecule has 1 aliphatic heterocycles. The Morgan fingerprint density at radius 2 is 2.00 bits per heavy atom. The van der Waals surface area contributed by atoms with E-state index in [0.717, 1.165) is 6.42 Å². The first-order chi connectivity index (χ1) is 5.88. The normalized spacial score (nSPS) is 32.1. The smallest absolute Gasteiger partial charge is 0.0112 e. The molecule has 0 radical (unpaired) electrons. The second kappa shape index (κ2) is 3.97. The van der Waals surface area contributed by atoms with Gasteiger partial charge in [-0.2, -0.15) is 0 Å². The number of nitrogens with two attached hydrogens (primary N) is 1. The summed E-state index contributed by atoms with van der Waals surface area (Å²) in [6.45, 7) is 8.09. The molecule has 2 heteroatoms. The lowest BCUT2D eigenvalue weighted by atomic mass is 9.83. The lowest BCUT2D eigenvalue weighted by Crippen LogP contribution is -2.46. The van der Waals surface area contributed by atoms with Crippen LogP contribution in [0.1, 0.15) is 40.0 Å². The van der Waals surface area contributed by atoms with Gasteiger partial charge in [0.1, 0.15) is 0 Å². The third kappa shape index (κ3) is 3.65. The summed E-state index contributed by atoms with van der Waals surface area (Å²) < 4.78 is 0. The zero-order valence-electron chi connectivity index (χ0n) is 9.51. The van der Waals surface area contributed by atoms with Crippen molar-refractivity contribution in [3.8, 4) is 0 Å². The molecular weight excluding hydrogens is 160 g/mol. The van der Waals surface area contributed by atoms with Crippen LogP contribution < -0.4 is 5.73 Å². The Balaban J connectivity index is 2.47.